The molecule has 0 radical (unpaired) electrons. The van der Waals surface area contributed by atoms with Gasteiger partial charge in [0.15, 0.2) is 0 Å². The van der Waals surface area contributed by atoms with Gasteiger partial charge in [0, 0.05) is 6.54 Å². The zero-order valence-electron chi connectivity index (χ0n) is 8.98. The second kappa shape index (κ2) is 6.91. The Labute approximate surface area is 126 Å². The predicted octanol–water partition coefficient (Wildman–Crippen LogP) is -0.430. The molecule has 0 aliphatic carbocycles. The molecule has 14 heavy (non-hydrogen) atoms. The molecule has 1 rings (SSSR count). The van der Waals surface area contributed by atoms with Crippen LogP contribution < -0.4 is 51.4 Å². The molecule has 0 aromatic carbocycles. The molecule has 0 aromatic rings. The van der Waals surface area contributed by atoms with E-state index in [0.29, 0.717) is 5.92 Å². The Hall–Kier alpha value is 1.45. The van der Waals surface area contributed by atoms with E-state index >= 15 is 0 Å². The van der Waals surface area contributed by atoms with Crippen molar-refractivity contribution in [2.24, 2.45) is 5.92 Å². The number of rotatable bonds is 3. The van der Waals surface area contributed by atoms with Crippen LogP contribution in [0.2, 0.25) is 6.32 Å². The Morgan fingerprint density at radius 1 is 1.36 bits per heavy atom. The third kappa shape index (κ3) is 6.85. The van der Waals surface area contributed by atoms with E-state index in [2.05, 4.69) is 6.92 Å². The van der Waals surface area contributed by atoms with Gasteiger partial charge in [-0.15, -0.1) is 0 Å². The van der Waals surface area contributed by atoms with Gasteiger partial charge < -0.3 is 17.8 Å². The Morgan fingerprint density at radius 2 is 2.00 bits per heavy atom. The van der Waals surface area contributed by atoms with Crippen LogP contribution in [0.25, 0.3) is 0 Å². The summed E-state index contributed by atoms with van der Waals surface area (Å²) in [7, 11) is 0. The Morgan fingerprint density at radius 3 is 2.50 bits per heavy atom. The van der Waals surface area contributed by atoms with Crippen LogP contribution in [0.4, 0.5) is 12.9 Å². The minimum atomic E-state index is -4.59. The summed E-state index contributed by atoms with van der Waals surface area (Å²) in [5.74, 6) is 0.564. The maximum absolute atomic E-state index is 11.9. The molecule has 1 atom stereocenters. The normalized spacial score (nSPS) is 24.4. The number of hydrogen-bond acceptors (Lipinski definition) is 1. The molecule has 1 aliphatic heterocycles. The van der Waals surface area contributed by atoms with E-state index in [4.69, 9.17) is 0 Å². The summed E-state index contributed by atoms with van der Waals surface area (Å²) >= 11 is 0. The molecule has 6 heteroatoms. The van der Waals surface area contributed by atoms with Gasteiger partial charge in [0.1, 0.15) is 0 Å². The van der Waals surface area contributed by atoms with Crippen molar-refractivity contribution in [3.8, 4) is 0 Å². The fourth-order valence-corrected chi connectivity index (χ4v) is 1.82. The van der Waals surface area contributed by atoms with Crippen LogP contribution in [0.15, 0.2) is 0 Å². The molecule has 1 saturated heterocycles. The maximum Gasteiger partial charge on any atom is 1.00 e. The first kappa shape index (κ1) is 15.5. The summed E-state index contributed by atoms with van der Waals surface area (Å²) in [4.78, 5) is 1.93. The molecule has 1 fully saturated rings. The van der Waals surface area contributed by atoms with Crippen molar-refractivity contribution >= 4 is 6.98 Å². The van der Waals surface area contributed by atoms with Crippen molar-refractivity contribution in [2.45, 2.75) is 26.1 Å². The smallest absolute Gasteiger partial charge is 0.449 e. The summed E-state index contributed by atoms with van der Waals surface area (Å²) in [6.07, 6.45) is 1.60. The molecule has 1 heterocycles. The maximum atomic E-state index is 11.9. The molecule has 78 valence electrons. The van der Waals surface area contributed by atoms with E-state index in [9.17, 15) is 12.9 Å². The fraction of sp³-hybridized carbons (Fsp3) is 1.00. The summed E-state index contributed by atoms with van der Waals surface area (Å²) in [6, 6.07) is 0. The molecule has 0 saturated carbocycles. The minimum Gasteiger partial charge on any atom is -0.449 e. The zero-order chi connectivity index (χ0) is 9.90. The van der Waals surface area contributed by atoms with Crippen LogP contribution in [0.1, 0.15) is 19.8 Å². The summed E-state index contributed by atoms with van der Waals surface area (Å²) in [5.41, 5.74) is 0. The average Bonchev–Trinajstić information content (AvgIpc) is 2.00. The topological polar surface area (TPSA) is 3.24 Å². The SMILES string of the molecule is CC1CCCN(CC[B-](F)(F)F)C1.[K+]. The third-order valence-electron chi connectivity index (χ3n) is 2.51. The van der Waals surface area contributed by atoms with Gasteiger partial charge in [-0.3, -0.25) is 0 Å². The zero-order valence-corrected chi connectivity index (χ0v) is 12.1. The minimum absolute atomic E-state index is 0. The van der Waals surface area contributed by atoms with Crippen molar-refractivity contribution in [2.75, 3.05) is 19.6 Å². The number of halogens is 3. The molecule has 1 nitrogen and oxygen atoms in total. The molecule has 0 spiro atoms. The second-order valence-corrected chi connectivity index (χ2v) is 4.05. The second-order valence-electron chi connectivity index (χ2n) is 4.05. The quantitative estimate of drug-likeness (QED) is 0.598. The first-order valence-corrected chi connectivity index (χ1v) is 4.91. The van der Waals surface area contributed by atoms with Crippen molar-refractivity contribution < 1.29 is 64.3 Å². The molecule has 1 aliphatic rings. The van der Waals surface area contributed by atoms with E-state index in [0.717, 1.165) is 25.9 Å². The monoisotopic (exact) mass is 233 g/mol. The van der Waals surface area contributed by atoms with Gasteiger partial charge in [-0.2, -0.15) is 0 Å². The fourth-order valence-electron chi connectivity index (χ4n) is 1.82. The first-order chi connectivity index (χ1) is 5.97. The van der Waals surface area contributed by atoms with Crippen molar-refractivity contribution in [1.82, 2.24) is 4.90 Å². The van der Waals surface area contributed by atoms with Crippen LogP contribution in [-0.4, -0.2) is 31.5 Å². The van der Waals surface area contributed by atoms with Gasteiger partial charge in [0.2, 0.25) is 0 Å². The molecular weight excluding hydrogens is 217 g/mol. The van der Waals surface area contributed by atoms with Crippen LogP contribution in [0.3, 0.4) is 0 Å². The van der Waals surface area contributed by atoms with E-state index in [1.54, 1.807) is 0 Å². The van der Waals surface area contributed by atoms with Gasteiger partial charge in [0.25, 0.3) is 0 Å². The summed E-state index contributed by atoms with van der Waals surface area (Å²) in [5, 5.41) is 0. The van der Waals surface area contributed by atoms with Crippen LogP contribution >= 0.6 is 0 Å². The molecule has 0 N–H and O–H groups in total. The van der Waals surface area contributed by atoms with Crippen LogP contribution in [0, 0.1) is 5.92 Å². The summed E-state index contributed by atoms with van der Waals surface area (Å²) < 4.78 is 35.8. The van der Waals surface area contributed by atoms with E-state index < -0.39 is 13.3 Å². The van der Waals surface area contributed by atoms with Crippen LogP contribution in [-0.2, 0) is 0 Å². The molecule has 0 amide bonds. The van der Waals surface area contributed by atoms with Gasteiger partial charge in [-0.25, -0.2) is 0 Å². The Balaban J connectivity index is 0.00000169. The number of likely N-dealkylation sites (tertiary alicyclic amines) is 1. The average molecular weight is 233 g/mol. The third-order valence-corrected chi connectivity index (χ3v) is 2.51. The largest absolute Gasteiger partial charge is 1.00 e. The van der Waals surface area contributed by atoms with Gasteiger partial charge in [0.05, 0.1) is 0 Å². The number of nitrogens with zero attached hydrogens (tertiary/aromatic N) is 1. The van der Waals surface area contributed by atoms with Crippen LogP contribution in [0.5, 0.6) is 0 Å². The molecule has 1 unspecified atom stereocenters. The predicted molar refractivity (Wildman–Crippen MR) is 48.7 cm³/mol. The van der Waals surface area contributed by atoms with Gasteiger partial charge in [-0.05, 0) is 31.8 Å². The molecule has 0 aromatic heterocycles. The Kier molecular flexibility index (Phi) is 7.63. The van der Waals surface area contributed by atoms with Gasteiger partial charge >= 0.3 is 58.4 Å². The van der Waals surface area contributed by atoms with Gasteiger partial charge in [-0.1, -0.05) is 13.2 Å². The van der Waals surface area contributed by atoms with Crippen molar-refractivity contribution in [1.29, 1.82) is 0 Å². The Bertz CT molecular complexity index is 165. The first-order valence-electron chi connectivity index (χ1n) is 4.91. The van der Waals surface area contributed by atoms with Crippen molar-refractivity contribution in [3.05, 3.63) is 0 Å². The van der Waals surface area contributed by atoms with E-state index in [-0.39, 0.29) is 57.9 Å². The standard InChI is InChI=1S/C8H16BF3N.K/c1-8-3-2-5-13(7-8)6-4-9(10,11)12;/h8H,2-7H2,1H3;/q-1;+1. The van der Waals surface area contributed by atoms with E-state index in [1.165, 1.54) is 0 Å². The number of hydrogen-bond donors (Lipinski definition) is 0. The van der Waals surface area contributed by atoms with Crippen molar-refractivity contribution in [3.63, 3.8) is 0 Å². The number of piperidine rings is 1. The van der Waals surface area contributed by atoms with E-state index in [1.807, 2.05) is 4.90 Å². The molecular formula is C8H16BF3KN. The summed E-state index contributed by atoms with van der Waals surface area (Å²) in [6.45, 7) is -0.599. The molecule has 0 bridgehead atoms.